The average Bonchev–Trinajstić information content (AvgIpc) is 2.27. The van der Waals surface area contributed by atoms with Crippen LogP contribution in [0.3, 0.4) is 0 Å². The Hall–Kier alpha value is -1.50. The Kier molecular flexibility index (Phi) is 5.02. The highest BCUT2D eigenvalue weighted by Gasteiger charge is 2.08. The summed E-state index contributed by atoms with van der Waals surface area (Å²) in [7, 11) is 2.06. The molecule has 0 bridgehead atoms. The van der Waals surface area contributed by atoms with Gasteiger partial charge in [0.2, 0.25) is 0 Å². The predicted octanol–water partition coefficient (Wildman–Crippen LogP) is 4.43. The summed E-state index contributed by atoms with van der Waals surface area (Å²) < 4.78 is 0. The second-order valence-corrected chi connectivity index (χ2v) is 4.86. The lowest BCUT2D eigenvalue weighted by Gasteiger charge is -2.24. The van der Waals surface area contributed by atoms with Crippen molar-refractivity contribution in [3.63, 3.8) is 0 Å². The van der Waals surface area contributed by atoms with E-state index in [0.29, 0.717) is 5.92 Å². The fraction of sp³-hybridized carbons (Fsp3) is 0.375. The monoisotopic (exact) mass is 229 g/mol. The van der Waals surface area contributed by atoms with Gasteiger partial charge < -0.3 is 4.90 Å². The Morgan fingerprint density at radius 3 is 2.76 bits per heavy atom. The summed E-state index contributed by atoms with van der Waals surface area (Å²) in [6, 6.07) is 0. The summed E-state index contributed by atoms with van der Waals surface area (Å²) in [6.07, 6.45) is 14.0. The fourth-order valence-corrected chi connectivity index (χ4v) is 1.67. The molecular weight excluding hydrogens is 206 g/mol. The molecule has 0 heterocycles. The Bertz CT molecular complexity index is 390. The van der Waals surface area contributed by atoms with Gasteiger partial charge in [0.05, 0.1) is 0 Å². The molecule has 92 valence electrons. The zero-order chi connectivity index (χ0) is 12.8. The maximum atomic E-state index is 4.09. The molecule has 0 saturated heterocycles. The summed E-state index contributed by atoms with van der Waals surface area (Å²) in [5, 5.41) is 0. The third-order valence-corrected chi connectivity index (χ3v) is 2.79. The zero-order valence-corrected chi connectivity index (χ0v) is 11.4. The van der Waals surface area contributed by atoms with E-state index in [9.17, 15) is 0 Å². The van der Waals surface area contributed by atoms with Crippen LogP contribution in [0.4, 0.5) is 0 Å². The topological polar surface area (TPSA) is 3.24 Å². The lowest BCUT2D eigenvalue weighted by atomic mass is 10.0. The normalized spacial score (nSPS) is 19.1. The van der Waals surface area contributed by atoms with Gasteiger partial charge >= 0.3 is 0 Å². The van der Waals surface area contributed by atoms with Crippen molar-refractivity contribution < 1.29 is 0 Å². The molecule has 1 nitrogen and oxygen atoms in total. The molecule has 0 aromatic heterocycles. The van der Waals surface area contributed by atoms with Crippen LogP contribution in [0, 0.1) is 5.92 Å². The van der Waals surface area contributed by atoms with E-state index in [-0.39, 0.29) is 0 Å². The van der Waals surface area contributed by atoms with Gasteiger partial charge in [0.25, 0.3) is 0 Å². The molecule has 1 aliphatic carbocycles. The maximum absolute atomic E-state index is 4.09. The molecule has 0 amide bonds. The molecule has 0 aromatic rings. The SMILES string of the molecule is C=C(/C=C\C=C(C)C)N(C)C1=CC(C)CC=C1. The van der Waals surface area contributed by atoms with E-state index in [4.69, 9.17) is 0 Å². The molecule has 1 unspecified atom stereocenters. The molecule has 0 N–H and O–H groups in total. The highest BCUT2D eigenvalue weighted by atomic mass is 15.1. The van der Waals surface area contributed by atoms with Crippen molar-refractivity contribution in [2.24, 2.45) is 5.92 Å². The highest BCUT2D eigenvalue weighted by molar-refractivity contribution is 5.30. The molecule has 17 heavy (non-hydrogen) atoms. The van der Waals surface area contributed by atoms with Crippen molar-refractivity contribution in [2.45, 2.75) is 27.2 Å². The lowest BCUT2D eigenvalue weighted by Crippen LogP contribution is -2.16. The Morgan fingerprint density at radius 2 is 2.18 bits per heavy atom. The molecule has 1 aliphatic rings. The van der Waals surface area contributed by atoms with Gasteiger partial charge in [-0.15, -0.1) is 0 Å². The summed E-state index contributed by atoms with van der Waals surface area (Å²) in [4.78, 5) is 2.13. The molecule has 1 atom stereocenters. The van der Waals surface area contributed by atoms with E-state index in [1.54, 1.807) is 0 Å². The molecule has 0 aliphatic heterocycles. The third kappa shape index (κ3) is 4.48. The number of allylic oxidation sites excluding steroid dienone is 7. The third-order valence-electron chi connectivity index (χ3n) is 2.79. The second kappa shape index (κ2) is 6.29. The Balaban J connectivity index is 2.67. The first-order valence-corrected chi connectivity index (χ1v) is 6.13. The van der Waals surface area contributed by atoms with Gasteiger partial charge in [0.1, 0.15) is 0 Å². The van der Waals surface area contributed by atoms with Crippen LogP contribution in [0.15, 0.2) is 60.0 Å². The molecule has 0 aromatic carbocycles. The van der Waals surface area contributed by atoms with Crippen LogP contribution < -0.4 is 0 Å². The first-order chi connectivity index (χ1) is 8.00. The number of hydrogen-bond acceptors (Lipinski definition) is 1. The van der Waals surface area contributed by atoms with Crippen LogP contribution in [0.2, 0.25) is 0 Å². The molecule has 0 spiro atoms. The minimum Gasteiger partial charge on any atom is -0.345 e. The first kappa shape index (κ1) is 13.6. The summed E-state index contributed by atoms with van der Waals surface area (Å²) >= 11 is 0. The van der Waals surface area contributed by atoms with E-state index < -0.39 is 0 Å². The van der Waals surface area contributed by atoms with E-state index >= 15 is 0 Å². The number of hydrogen-bond donors (Lipinski definition) is 0. The zero-order valence-electron chi connectivity index (χ0n) is 11.4. The second-order valence-electron chi connectivity index (χ2n) is 4.86. The smallest absolute Gasteiger partial charge is 0.0367 e. The van der Waals surface area contributed by atoms with Gasteiger partial charge in [-0.2, -0.15) is 0 Å². The van der Waals surface area contributed by atoms with Crippen LogP contribution in [-0.2, 0) is 0 Å². The maximum Gasteiger partial charge on any atom is 0.0367 e. The fourth-order valence-electron chi connectivity index (χ4n) is 1.67. The summed E-state index contributed by atoms with van der Waals surface area (Å²) in [6.45, 7) is 10.5. The minimum atomic E-state index is 0.618. The van der Waals surface area contributed by atoms with Gasteiger partial charge in [-0.3, -0.25) is 0 Å². The Morgan fingerprint density at radius 1 is 1.47 bits per heavy atom. The van der Waals surface area contributed by atoms with Crippen molar-refractivity contribution in [1.82, 2.24) is 4.90 Å². The van der Waals surface area contributed by atoms with Crippen molar-refractivity contribution in [3.05, 3.63) is 60.0 Å². The van der Waals surface area contributed by atoms with E-state index in [1.807, 2.05) is 12.2 Å². The number of likely N-dealkylation sites (N-methyl/N-ethyl adjacent to an activating group) is 1. The van der Waals surface area contributed by atoms with Gasteiger partial charge in [0, 0.05) is 18.4 Å². The van der Waals surface area contributed by atoms with Crippen LogP contribution in [0.25, 0.3) is 0 Å². The van der Waals surface area contributed by atoms with E-state index in [1.165, 1.54) is 11.3 Å². The Labute approximate surface area is 106 Å². The van der Waals surface area contributed by atoms with E-state index in [2.05, 4.69) is 63.6 Å². The van der Waals surface area contributed by atoms with Gasteiger partial charge in [-0.25, -0.2) is 0 Å². The molecule has 0 radical (unpaired) electrons. The van der Waals surface area contributed by atoms with Crippen molar-refractivity contribution in [1.29, 1.82) is 0 Å². The van der Waals surface area contributed by atoms with E-state index in [0.717, 1.165) is 12.1 Å². The minimum absolute atomic E-state index is 0.618. The van der Waals surface area contributed by atoms with Crippen LogP contribution >= 0.6 is 0 Å². The van der Waals surface area contributed by atoms with Gasteiger partial charge in [-0.05, 0) is 38.3 Å². The first-order valence-electron chi connectivity index (χ1n) is 6.13. The van der Waals surface area contributed by atoms with Crippen LogP contribution in [0.5, 0.6) is 0 Å². The molecule has 0 saturated carbocycles. The van der Waals surface area contributed by atoms with Crippen LogP contribution in [0.1, 0.15) is 27.2 Å². The largest absolute Gasteiger partial charge is 0.345 e. The number of nitrogens with zero attached hydrogens (tertiary/aromatic N) is 1. The predicted molar refractivity (Wildman–Crippen MR) is 76.5 cm³/mol. The van der Waals surface area contributed by atoms with Crippen molar-refractivity contribution >= 4 is 0 Å². The van der Waals surface area contributed by atoms with Crippen molar-refractivity contribution in [3.8, 4) is 0 Å². The molecule has 1 heteroatoms. The lowest BCUT2D eigenvalue weighted by molar-refractivity contribution is 0.537. The summed E-state index contributed by atoms with van der Waals surface area (Å²) in [5.74, 6) is 0.618. The highest BCUT2D eigenvalue weighted by Crippen LogP contribution is 2.20. The summed E-state index contributed by atoms with van der Waals surface area (Å²) in [5.41, 5.74) is 3.53. The molecular formula is C16H23N. The molecule has 0 fully saturated rings. The van der Waals surface area contributed by atoms with Crippen molar-refractivity contribution in [2.75, 3.05) is 7.05 Å². The average molecular weight is 229 g/mol. The number of rotatable bonds is 4. The quantitative estimate of drug-likeness (QED) is 0.644. The van der Waals surface area contributed by atoms with Gasteiger partial charge in [-0.1, -0.05) is 43.4 Å². The standard InChI is InChI=1S/C16H23N/c1-13(2)8-6-10-15(4)17(5)16-11-7-9-14(3)12-16/h6-8,10-12,14H,4,9H2,1-3,5H3/b10-6-. The van der Waals surface area contributed by atoms with Gasteiger partial charge in [0.15, 0.2) is 0 Å². The van der Waals surface area contributed by atoms with Crippen LogP contribution in [-0.4, -0.2) is 11.9 Å². The molecule has 1 rings (SSSR count).